The molecule has 0 radical (unpaired) electrons. The van der Waals surface area contributed by atoms with Crippen molar-refractivity contribution in [1.29, 1.82) is 0 Å². The number of alkyl halides is 1. The lowest BCUT2D eigenvalue weighted by Gasteiger charge is -2.20. The topological polar surface area (TPSA) is 17.8 Å². The summed E-state index contributed by atoms with van der Waals surface area (Å²) in [4.78, 5) is 4.68. The van der Waals surface area contributed by atoms with Gasteiger partial charge in [-0.2, -0.15) is 0 Å². The van der Waals surface area contributed by atoms with Gasteiger partial charge in [0.2, 0.25) is 0 Å². The molecule has 1 aromatic carbocycles. The van der Waals surface area contributed by atoms with Gasteiger partial charge in [-0.05, 0) is 43.4 Å². The van der Waals surface area contributed by atoms with Crippen molar-refractivity contribution in [3.8, 4) is 0 Å². The molecule has 0 aliphatic carbocycles. The molecule has 0 aliphatic rings. The number of imidazole rings is 1. The number of nitrogens with zero attached hydrogens (tertiary/aromatic N) is 2. The van der Waals surface area contributed by atoms with Crippen molar-refractivity contribution in [2.45, 2.75) is 53.0 Å². The van der Waals surface area contributed by atoms with E-state index in [9.17, 15) is 0 Å². The molecule has 0 spiro atoms. The maximum atomic E-state index is 6.29. The molecule has 1 aromatic heterocycles. The number of aryl methyl sites for hydroxylation is 2. The normalized spacial score (nSPS) is 14.0. The van der Waals surface area contributed by atoms with E-state index in [4.69, 9.17) is 11.6 Å². The average molecular weight is 279 g/mol. The van der Waals surface area contributed by atoms with Gasteiger partial charge in [0.1, 0.15) is 5.82 Å². The van der Waals surface area contributed by atoms with E-state index in [1.807, 2.05) is 6.92 Å². The molecule has 1 atom stereocenters. The first-order valence-electron chi connectivity index (χ1n) is 6.89. The second-order valence-corrected chi connectivity index (χ2v) is 7.20. The minimum Gasteiger partial charge on any atom is -0.327 e. The standard InChI is InChI=1S/C16H23ClN2/c1-11-6-7-13-14(10-11)19(9-8-16(3,4)5)15(18-13)12(2)17/h6-7,10,12H,8-9H2,1-5H3. The minimum atomic E-state index is -0.0623. The summed E-state index contributed by atoms with van der Waals surface area (Å²) in [5.74, 6) is 0.978. The highest BCUT2D eigenvalue weighted by Gasteiger charge is 2.17. The van der Waals surface area contributed by atoms with Crippen LogP contribution in [0.5, 0.6) is 0 Å². The third-order valence-corrected chi connectivity index (χ3v) is 3.57. The Labute approximate surface area is 120 Å². The van der Waals surface area contributed by atoms with Crippen LogP contribution in [0, 0.1) is 12.3 Å². The first kappa shape index (κ1) is 14.4. The van der Waals surface area contributed by atoms with E-state index >= 15 is 0 Å². The molecule has 2 aromatic rings. The molecule has 0 saturated heterocycles. The zero-order valence-electron chi connectivity index (χ0n) is 12.5. The summed E-state index contributed by atoms with van der Waals surface area (Å²) >= 11 is 6.29. The smallest absolute Gasteiger partial charge is 0.127 e. The highest BCUT2D eigenvalue weighted by molar-refractivity contribution is 6.20. The Bertz CT molecular complexity index is 576. The monoisotopic (exact) mass is 278 g/mol. The van der Waals surface area contributed by atoms with Crippen LogP contribution in [0.25, 0.3) is 11.0 Å². The highest BCUT2D eigenvalue weighted by Crippen LogP contribution is 2.28. The molecular weight excluding hydrogens is 256 g/mol. The number of hydrogen-bond acceptors (Lipinski definition) is 1. The van der Waals surface area contributed by atoms with Gasteiger partial charge in [-0.15, -0.1) is 11.6 Å². The van der Waals surface area contributed by atoms with Crippen LogP contribution in [0.1, 0.15) is 50.9 Å². The van der Waals surface area contributed by atoms with Crippen molar-refractivity contribution < 1.29 is 0 Å². The van der Waals surface area contributed by atoms with Crippen molar-refractivity contribution in [2.75, 3.05) is 0 Å². The molecule has 0 bridgehead atoms. The number of rotatable bonds is 3. The fraction of sp³-hybridized carbons (Fsp3) is 0.562. The Balaban J connectivity index is 2.48. The lowest BCUT2D eigenvalue weighted by atomic mass is 9.92. The molecule has 0 fully saturated rings. The lowest BCUT2D eigenvalue weighted by molar-refractivity contribution is 0.350. The molecule has 3 heteroatoms. The second kappa shape index (κ2) is 5.16. The van der Waals surface area contributed by atoms with Gasteiger partial charge in [0.15, 0.2) is 0 Å². The van der Waals surface area contributed by atoms with Crippen LogP contribution < -0.4 is 0 Å². The summed E-state index contributed by atoms with van der Waals surface area (Å²) in [7, 11) is 0. The molecule has 2 nitrogen and oxygen atoms in total. The summed E-state index contributed by atoms with van der Waals surface area (Å²) in [5.41, 5.74) is 3.82. The predicted octanol–water partition coefficient (Wildman–Crippen LogP) is 5.08. The van der Waals surface area contributed by atoms with Gasteiger partial charge >= 0.3 is 0 Å². The number of fused-ring (bicyclic) bond motifs is 1. The molecule has 1 unspecified atom stereocenters. The van der Waals surface area contributed by atoms with E-state index in [0.29, 0.717) is 5.41 Å². The van der Waals surface area contributed by atoms with Crippen molar-refractivity contribution in [3.05, 3.63) is 29.6 Å². The van der Waals surface area contributed by atoms with Crippen LogP contribution in [-0.2, 0) is 6.54 Å². The van der Waals surface area contributed by atoms with Crippen molar-refractivity contribution in [3.63, 3.8) is 0 Å². The Hall–Kier alpha value is -1.02. The SMILES string of the molecule is Cc1ccc2nc(C(C)Cl)n(CCC(C)(C)C)c2c1. The molecule has 104 valence electrons. The molecule has 0 aliphatic heterocycles. The first-order chi connectivity index (χ1) is 8.78. The summed E-state index contributed by atoms with van der Waals surface area (Å²) in [6.45, 7) is 11.9. The van der Waals surface area contributed by atoms with Crippen LogP contribution in [0.3, 0.4) is 0 Å². The van der Waals surface area contributed by atoms with Crippen LogP contribution in [0.15, 0.2) is 18.2 Å². The Morgan fingerprint density at radius 1 is 1.32 bits per heavy atom. The predicted molar refractivity (Wildman–Crippen MR) is 82.8 cm³/mol. The zero-order valence-corrected chi connectivity index (χ0v) is 13.3. The quantitative estimate of drug-likeness (QED) is 0.716. The van der Waals surface area contributed by atoms with Crippen molar-refractivity contribution in [1.82, 2.24) is 9.55 Å². The molecular formula is C16H23ClN2. The van der Waals surface area contributed by atoms with Crippen LogP contribution in [0.2, 0.25) is 0 Å². The van der Waals surface area contributed by atoms with Gasteiger partial charge in [0.25, 0.3) is 0 Å². The summed E-state index contributed by atoms with van der Waals surface area (Å²) in [5, 5.41) is -0.0623. The second-order valence-electron chi connectivity index (χ2n) is 6.54. The minimum absolute atomic E-state index is 0.0623. The maximum Gasteiger partial charge on any atom is 0.127 e. The Morgan fingerprint density at radius 2 is 2.00 bits per heavy atom. The third kappa shape index (κ3) is 3.30. The molecule has 2 rings (SSSR count). The van der Waals surface area contributed by atoms with E-state index in [1.165, 1.54) is 11.1 Å². The van der Waals surface area contributed by atoms with Gasteiger partial charge in [0.05, 0.1) is 16.4 Å². The Morgan fingerprint density at radius 3 is 2.58 bits per heavy atom. The van der Waals surface area contributed by atoms with Gasteiger partial charge < -0.3 is 4.57 Å². The number of hydrogen-bond donors (Lipinski definition) is 0. The van der Waals surface area contributed by atoms with Gasteiger partial charge in [0, 0.05) is 6.54 Å². The number of benzene rings is 1. The summed E-state index contributed by atoms with van der Waals surface area (Å²) in [6.07, 6.45) is 1.11. The summed E-state index contributed by atoms with van der Waals surface area (Å²) < 4.78 is 2.28. The highest BCUT2D eigenvalue weighted by atomic mass is 35.5. The third-order valence-electron chi connectivity index (χ3n) is 3.37. The van der Waals surface area contributed by atoms with Crippen molar-refractivity contribution >= 4 is 22.6 Å². The van der Waals surface area contributed by atoms with Crippen molar-refractivity contribution in [2.24, 2.45) is 5.41 Å². The van der Waals surface area contributed by atoms with Crippen LogP contribution in [-0.4, -0.2) is 9.55 Å². The van der Waals surface area contributed by atoms with E-state index in [-0.39, 0.29) is 5.38 Å². The van der Waals surface area contributed by atoms with E-state index in [0.717, 1.165) is 24.3 Å². The van der Waals surface area contributed by atoms with Gasteiger partial charge in [-0.1, -0.05) is 26.8 Å². The molecule has 0 N–H and O–H groups in total. The number of aromatic nitrogens is 2. The van der Waals surface area contributed by atoms with E-state index < -0.39 is 0 Å². The fourth-order valence-electron chi connectivity index (χ4n) is 2.24. The van der Waals surface area contributed by atoms with Crippen LogP contribution in [0.4, 0.5) is 0 Å². The average Bonchev–Trinajstić information content (AvgIpc) is 2.63. The van der Waals surface area contributed by atoms with Crippen LogP contribution >= 0.6 is 11.6 Å². The lowest BCUT2D eigenvalue weighted by Crippen LogP contribution is -2.12. The molecule has 0 saturated carbocycles. The van der Waals surface area contributed by atoms with Gasteiger partial charge in [-0.25, -0.2) is 4.98 Å². The molecule has 19 heavy (non-hydrogen) atoms. The van der Waals surface area contributed by atoms with E-state index in [1.54, 1.807) is 0 Å². The largest absolute Gasteiger partial charge is 0.327 e. The van der Waals surface area contributed by atoms with E-state index in [2.05, 4.69) is 55.4 Å². The molecule has 1 heterocycles. The number of halogens is 1. The summed E-state index contributed by atoms with van der Waals surface area (Å²) in [6, 6.07) is 6.39. The first-order valence-corrected chi connectivity index (χ1v) is 7.32. The zero-order chi connectivity index (χ0) is 14.2. The maximum absolute atomic E-state index is 6.29. The van der Waals surface area contributed by atoms with Gasteiger partial charge in [-0.3, -0.25) is 0 Å². The molecule has 0 amide bonds. The fourth-order valence-corrected chi connectivity index (χ4v) is 2.40. The Kier molecular flexibility index (Phi) is 3.91.